The molecule has 5 aromatic carbocycles. The number of halogens is 2. The van der Waals surface area contributed by atoms with E-state index in [4.69, 9.17) is 4.26 Å². The van der Waals surface area contributed by atoms with Crippen LogP contribution < -0.4 is 6.64 Å². The first-order chi connectivity index (χ1) is 26.6. The van der Waals surface area contributed by atoms with Crippen molar-refractivity contribution >= 4 is 62.8 Å². The Balaban J connectivity index is 0.00000235. The number of hydrogen-bond acceptors (Lipinski definition) is 0. The Morgan fingerprint density at radius 1 is 0.621 bits per heavy atom. The Kier molecular flexibility index (Phi) is 9.50. The third-order valence-electron chi connectivity index (χ3n) is 18.6. The first-order valence-corrected chi connectivity index (χ1v) is 31.0. The van der Waals surface area contributed by atoms with Crippen molar-refractivity contribution in [2.75, 3.05) is 0 Å². The monoisotopic (exact) mass is 970 g/mol. The van der Waals surface area contributed by atoms with Gasteiger partial charge in [0.2, 0.25) is 0 Å². The molecular formula is C55H60Cl2Hf. The molecule has 0 spiro atoms. The van der Waals surface area contributed by atoms with Gasteiger partial charge < -0.3 is 0 Å². The summed E-state index contributed by atoms with van der Waals surface area (Å²) in [6.07, 6.45) is 16.6. The predicted molar refractivity (Wildman–Crippen MR) is 254 cm³/mol. The fourth-order valence-electron chi connectivity index (χ4n) is 14.3. The van der Waals surface area contributed by atoms with Gasteiger partial charge in [-0.25, -0.2) is 0 Å². The van der Waals surface area contributed by atoms with Gasteiger partial charge in [0.15, 0.2) is 0 Å². The number of rotatable bonds is 4. The summed E-state index contributed by atoms with van der Waals surface area (Å²) < 4.78 is 10.6. The van der Waals surface area contributed by atoms with Gasteiger partial charge in [0.05, 0.1) is 0 Å². The molecule has 5 aromatic rings. The van der Waals surface area contributed by atoms with Gasteiger partial charge in [0.1, 0.15) is 0 Å². The molecule has 5 aliphatic rings. The van der Waals surface area contributed by atoms with Gasteiger partial charge in [-0.2, -0.15) is 0 Å². The zero-order valence-electron chi connectivity index (χ0n) is 35.7. The van der Waals surface area contributed by atoms with Gasteiger partial charge >= 0.3 is 339 Å². The van der Waals surface area contributed by atoms with Gasteiger partial charge in [-0.05, 0) is 0 Å². The molecule has 0 saturated heterocycles. The molecule has 0 radical (unpaired) electrons. The summed E-state index contributed by atoms with van der Waals surface area (Å²) in [6.45, 7) is 21.6. The number of allylic oxidation sites excluding steroid dienone is 10. The van der Waals surface area contributed by atoms with Gasteiger partial charge in [0.25, 0.3) is 0 Å². The minimum atomic E-state index is -5.57. The molecule has 0 nitrogen and oxygen atoms in total. The molecule has 10 rings (SSSR count). The van der Waals surface area contributed by atoms with Crippen LogP contribution in [0.15, 0.2) is 160 Å². The van der Waals surface area contributed by atoms with Crippen LogP contribution in [0.1, 0.15) is 85.8 Å². The van der Waals surface area contributed by atoms with Crippen molar-refractivity contribution in [3.8, 4) is 0 Å². The van der Waals surface area contributed by atoms with Crippen molar-refractivity contribution < 1.29 is 18.0 Å². The molecule has 3 atom stereocenters. The summed E-state index contributed by atoms with van der Waals surface area (Å²) >= 11 is -5.57. The van der Waals surface area contributed by atoms with Crippen LogP contribution in [0.25, 0.3) is 27.1 Å². The molecule has 1 fully saturated rings. The molecule has 298 valence electrons. The van der Waals surface area contributed by atoms with E-state index in [1.807, 2.05) is 0 Å². The van der Waals surface area contributed by atoms with Crippen LogP contribution in [-0.4, -0.2) is 4.26 Å². The van der Waals surface area contributed by atoms with Crippen molar-refractivity contribution in [3.05, 3.63) is 171 Å². The summed E-state index contributed by atoms with van der Waals surface area (Å²) in [5, 5.41) is 5.23. The van der Waals surface area contributed by atoms with Crippen LogP contribution in [-0.2, 0) is 24.4 Å². The van der Waals surface area contributed by atoms with Crippen molar-refractivity contribution in [2.24, 2.45) is 27.6 Å². The summed E-state index contributed by atoms with van der Waals surface area (Å²) in [5.74, 6) is 0.412. The van der Waals surface area contributed by atoms with Crippen LogP contribution in [0, 0.1) is 27.6 Å². The maximum absolute atomic E-state index is 6.28. The van der Waals surface area contributed by atoms with Crippen LogP contribution in [0.2, 0.25) is 3.17 Å². The second kappa shape index (κ2) is 13.3. The summed E-state index contributed by atoms with van der Waals surface area (Å²) in [4.78, 5) is 0. The number of hydrogen-bond donors (Lipinski definition) is 0. The Bertz CT molecular complexity index is 2700. The SMILES string of the molecule is Cl.Cl.[CH2]=[Hf]([C]1=CC=CC1)([c]1ccc2ccccc2c1)([c]1ccc2ccccc2c1)[C]1(C)C2=C3Cc4ccccc4C3=C3C=CCCC3C2(C)C(C)(C)C(C)(C)C1(C)C. The summed E-state index contributed by atoms with van der Waals surface area (Å²) in [6, 6.07) is 42.7. The molecule has 1 saturated carbocycles. The molecule has 0 N–H and O–H groups in total. The number of fused-ring (bicyclic) bond motifs is 8. The van der Waals surface area contributed by atoms with E-state index < -0.39 is 18.0 Å². The molecule has 3 unspecified atom stereocenters. The van der Waals surface area contributed by atoms with E-state index in [0.29, 0.717) is 5.92 Å². The summed E-state index contributed by atoms with van der Waals surface area (Å²) in [5.41, 5.74) is 9.00. The van der Waals surface area contributed by atoms with Crippen molar-refractivity contribution in [3.63, 3.8) is 0 Å². The van der Waals surface area contributed by atoms with Crippen molar-refractivity contribution in [1.82, 2.24) is 0 Å². The van der Waals surface area contributed by atoms with E-state index in [0.717, 1.165) is 19.3 Å². The van der Waals surface area contributed by atoms with Gasteiger partial charge in [0, 0.05) is 0 Å². The Labute approximate surface area is 360 Å². The fourth-order valence-corrected chi connectivity index (χ4v) is 44.5. The zero-order chi connectivity index (χ0) is 39.1. The molecule has 0 heterocycles. The fraction of sp³-hybridized carbons (Fsp3) is 0.327. The Morgan fingerprint density at radius 2 is 1.19 bits per heavy atom. The van der Waals surface area contributed by atoms with Crippen LogP contribution >= 0.6 is 24.8 Å². The standard InChI is InChI=1S/C29H37.2C10H7.C5H5.CH2.2ClH.Hf/c1-18-25-22-17-19-13-9-10-14-20(19)24(22)21-15-11-12-16-23(21)29(25,8)28(6,7)27(4,5)26(18,2)3;2*1-2-6-10-8-4-3-7-9(10)5-1;1-2-4-5-3-1;;;;/h9-11,13-15,23H,12,16-17H2,1-8H3;2*1-3,5-8H;1-3H,4H2;1H2;2*1H;. The van der Waals surface area contributed by atoms with Gasteiger partial charge in [-0.1, -0.05) is 0 Å². The first-order valence-electron chi connectivity index (χ1n) is 21.3. The average molecular weight is 970 g/mol. The molecule has 0 bridgehead atoms. The van der Waals surface area contributed by atoms with E-state index in [1.54, 1.807) is 25.6 Å². The Morgan fingerprint density at radius 3 is 1.78 bits per heavy atom. The van der Waals surface area contributed by atoms with E-state index in [2.05, 4.69) is 195 Å². The quantitative estimate of drug-likeness (QED) is 0.157. The normalized spacial score (nSPS) is 26.3. The van der Waals surface area contributed by atoms with Gasteiger partial charge in [-0.15, -0.1) is 24.8 Å². The predicted octanol–water partition coefficient (Wildman–Crippen LogP) is 14.3. The zero-order valence-corrected chi connectivity index (χ0v) is 40.9. The van der Waals surface area contributed by atoms with Gasteiger partial charge in [-0.3, -0.25) is 0 Å². The van der Waals surface area contributed by atoms with Crippen LogP contribution in [0.5, 0.6) is 0 Å². The molecule has 0 aromatic heterocycles. The molecule has 0 aliphatic heterocycles. The van der Waals surface area contributed by atoms with Crippen LogP contribution in [0.4, 0.5) is 0 Å². The molecule has 5 aliphatic carbocycles. The Hall–Kier alpha value is -3.36. The second-order valence-electron chi connectivity index (χ2n) is 20.2. The van der Waals surface area contributed by atoms with E-state index in [-0.39, 0.29) is 49.6 Å². The van der Waals surface area contributed by atoms with Crippen molar-refractivity contribution in [2.45, 2.75) is 84.2 Å². The van der Waals surface area contributed by atoms with E-state index >= 15 is 0 Å². The molecule has 3 heteroatoms. The van der Waals surface area contributed by atoms with Crippen molar-refractivity contribution in [1.29, 1.82) is 0 Å². The first kappa shape index (κ1) is 41.4. The summed E-state index contributed by atoms with van der Waals surface area (Å²) in [7, 11) is 0. The maximum atomic E-state index is 6.28. The molecule has 0 amide bonds. The topological polar surface area (TPSA) is 0 Å². The van der Waals surface area contributed by atoms with E-state index in [1.165, 1.54) is 45.7 Å². The number of benzene rings is 5. The molecule has 58 heavy (non-hydrogen) atoms. The van der Waals surface area contributed by atoms with E-state index in [9.17, 15) is 0 Å². The average Bonchev–Trinajstić information content (AvgIpc) is 3.89. The van der Waals surface area contributed by atoms with Crippen LogP contribution in [0.3, 0.4) is 0 Å². The third-order valence-corrected chi connectivity index (χ3v) is 47.5. The minimum absolute atomic E-state index is 0. The third kappa shape index (κ3) is 4.55. The molecular weight excluding hydrogens is 910 g/mol. The second-order valence-corrected chi connectivity index (χ2v) is 40.7.